The molecule has 0 amide bonds. The molecule has 2 nitrogen and oxygen atoms in total. The van der Waals surface area contributed by atoms with E-state index in [0.717, 1.165) is 16.1 Å². The van der Waals surface area contributed by atoms with Crippen LogP contribution in [0.2, 0.25) is 0 Å². The summed E-state index contributed by atoms with van der Waals surface area (Å²) in [5.41, 5.74) is 1.12. The predicted octanol–water partition coefficient (Wildman–Crippen LogP) is 3.15. The van der Waals surface area contributed by atoms with E-state index in [1.54, 1.807) is 11.3 Å². The van der Waals surface area contributed by atoms with E-state index in [0.29, 0.717) is 6.04 Å². The Hall–Kier alpha value is -0.220. The van der Waals surface area contributed by atoms with Gasteiger partial charge in [0.15, 0.2) is 5.13 Å². The Morgan fingerprint density at radius 3 is 3.07 bits per heavy atom. The summed E-state index contributed by atoms with van der Waals surface area (Å²) in [5.74, 6) is 0. The van der Waals surface area contributed by atoms with E-state index in [-0.39, 0.29) is 0 Å². The van der Waals surface area contributed by atoms with Gasteiger partial charge in [-0.3, -0.25) is 0 Å². The Morgan fingerprint density at radius 1 is 1.57 bits per heavy atom. The van der Waals surface area contributed by atoms with Crippen molar-refractivity contribution in [1.82, 2.24) is 4.98 Å². The SMILES string of the molecule is CSC1CCCC1Nc1nc(C)cs1. The molecule has 2 unspecified atom stereocenters. The Labute approximate surface area is 93.5 Å². The summed E-state index contributed by atoms with van der Waals surface area (Å²) < 4.78 is 0. The average Bonchev–Trinajstić information content (AvgIpc) is 2.76. The Bertz CT molecular complexity index is 298. The van der Waals surface area contributed by atoms with Gasteiger partial charge in [-0.15, -0.1) is 11.3 Å². The quantitative estimate of drug-likeness (QED) is 0.860. The first-order valence-electron chi connectivity index (χ1n) is 5.01. The Kier molecular flexibility index (Phi) is 3.34. The molecule has 1 N–H and O–H groups in total. The minimum Gasteiger partial charge on any atom is -0.358 e. The Balaban J connectivity index is 1.96. The van der Waals surface area contributed by atoms with E-state index < -0.39 is 0 Å². The molecule has 2 atom stereocenters. The van der Waals surface area contributed by atoms with Crippen molar-refractivity contribution < 1.29 is 0 Å². The molecule has 78 valence electrons. The van der Waals surface area contributed by atoms with Crippen LogP contribution in [-0.2, 0) is 0 Å². The predicted molar refractivity (Wildman–Crippen MR) is 65.4 cm³/mol. The molecule has 1 heterocycles. The van der Waals surface area contributed by atoms with E-state index in [1.807, 2.05) is 18.7 Å². The summed E-state index contributed by atoms with van der Waals surface area (Å²) in [5, 5.41) is 7.52. The minimum absolute atomic E-state index is 0.635. The summed E-state index contributed by atoms with van der Waals surface area (Å²) >= 11 is 3.70. The van der Waals surface area contributed by atoms with E-state index in [1.165, 1.54) is 19.3 Å². The molecule has 1 saturated carbocycles. The maximum absolute atomic E-state index is 4.44. The van der Waals surface area contributed by atoms with Crippen LogP contribution in [0.15, 0.2) is 5.38 Å². The molecule has 0 aliphatic heterocycles. The van der Waals surface area contributed by atoms with Gasteiger partial charge in [0.1, 0.15) is 0 Å². The van der Waals surface area contributed by atoms with Crippen LogP contribution in [-0.4, -0.2) is 22.5 Å². The lowest BCUT2D eigenvalue weighted by atomic mass is 10.2. The van der Waals surface area contributed by atoms with Gasteiger partial charge in [-0.25, -0.2) is 4.98 Å². The van der Waals surface area contributed by atoms with Gasteiger partial charge in [-0.1, -0.05) is 6.42 Å². The first-order valence-corrected chi connectivity index (χ1v) is 7.18. The second-order valence-corrected chi connectivity index (χ2v) is 5.68. The molecular weight excluding hydrogens is 212 g/mol. The maximum Gasteiger partial charge on any atom is 0.183 e. The third-order valence-corrected chi connectivity index (χ3v) is 4.74. The monoisotopic (exact) mass is 228 g/mol. The third kappa shape index (κ3) is 2.23. The highest BCUT2D eigenvalue weighted by Gasteiger charge is 2.26. The summed E-state index contributed by atoms with van der Waals surface area (Å²) in [6.45, 7) is 2.04. The number of thioether (sulfide) groups is 1. The number of nitrogens with zero attached hydrogens (tertiary/aromatic N) is 1. The van der Waals surface area contributed by atoms with Crippen LogP contribution in [0.4, 0.5) is 5.13 Å². The number of hydrogen-bond donors (Lipinski definition) is 1. The molecule has 14 heavy (non-hydrogen) atoms. The average molecular weight is 228 g/mol. The number of thiazole rings is 1. The van der Waals surface area contributed by atoms with Gasteiger partial charge in [0.05, 0.1) is 5.69 Å². The molecule has 1 aliphatic carbocycles. The van der Waals surface area contributed by atoms with Crippen molar-refractivity contribution in [3.63, 3.8) is 0 Å². The third-order valence-electron chi connectivity index (χ3n) is 2.68. The van der Waals surface area contributed by atoms with E-state index in [4.69, 9.17) is 0 Å². The molecule has 1 fully saturated rings. The highest BCUT2D eigenvalue weighted by atomic mass is 32.2. The summed E-state index contributed by atoms with van der Waals surface area (Å²) in [7, 11) is 0. The molecule has 1 aromatic heterocycles. The number of aryl methyl sites for hydroxylation is 1. The van der Waals surface area contributed by atoms with E-state index in [2.05, 4.69) is 21.9 Å². The maximum atomic E-state index is 4.44. The van der Waals surface area contributed by atoms with Crippen LogP contribution in [0.1, 0.15) is 25.0 Å². The van der Waals surface area contributed by atoms with Gasteiger partial charge in [0.25, 0.3) is 0 Å². The van der Waals surface area contributed by atoms with Gasteiger partial charge in [0, 0.05) is 16.7 Å². The van der Waals surface area contributed by atoms with Crippen molar-refractivity contribution in [1.29, 1.82) is 0 Å². The molecule has 0 saturated heterocycles. The van der Waals surface area contributed by atoms with Crippen LogP contribution in [0, 0.1) is 6.92 Å². The fourth-order valence-electron chi connectivity index (χ4n) is 1.95. The van der Waals surface area contributed by atoms with Crippen LogP contribution in [0.5, 0.6) is 0 Å². The van der Waals surface area contributed by atoms with Crippen molar-refractivity contribution in [3.05, 3.63) is 11.1 Å². The van der Waals surface area contributed by atoms with Gasteiger partial charge in [0.2, 0.25) is 0 Å². The summed E-state index contributed by atoms with van der Waals surface area (Å²) in [4.78, 5) is 4.44. The molecule has 0 spiro atoms. The van der Waals surface area contributed by atoms with Crippen molar-refractivity contribution in [3.8, 4) is 0 Å². The fourth-order valence-corrected chi connectivity index (χ4v) is 3.64. The largest absolute Gasteiger partial charge is 0.358 e. The van der Waals surface area contributed by atoms with Crippen molar-refractivity contribution in [2.45, 2.75) is 37.5 Å². The fraction of sp³-hybridized carbons (Fsp3) is 0.700. The Morgan fingerprint density at radius 2 is 2.43 bits per heavy atom. The second-order valence-electron chi connectivity index (χ2n) is 3.75. The number of nitrogens with one attached hydrogen (secondary N) is 1. The van der Waals surface area contributed by atoms with Crippen LogP contribution in [0.25, 0.3) is 0 Å². The van der Waals surface area contributed by atoms with Crippen molar-refractivity contribution >= 4 is 28.2 Å². The zero-order valence-corrected chi connectivity index (χ0v) is 10.3. The standard InChI is InChI=1S/C10H16N2S2/c1-7-6-14-10(11-7)12-8-4-3-5-9(8)13-2/h6,8-9H,3-5H2,1-2H3,(H,11,12). The molecule has 0 aromatic carbocycles. The van der Waals surface area contributed by atoms with Crippen LogP contribution >= 0.6 is 23.1 Å². The smallest absolute Gasteiger partial charge is 0.183 e. The van der Waals surface area contributed by atoms with Crippen LogP contribution < -0.4 is 5.32 Å². The molecule has 1 aliphatic rings. The van der Waals surface area contributed by atoms with Gasteiger partial charge in [-0.05, 0) is 26.0 Å². The van der Waals surface area contributed by atoms with Crippen molar-refractivity contribution in [2.24, 2.45) is 0 Å². The highest BCUT2D eigenvalue weighted by Crippen LogP contribution is 2.31. The summed E-state index contributed by atoms with van der Waals surface area (Å²) in [6, 6.07) is 0.635. The van der Waals surface area contributed by atoms with Gasteiger partial charge < -0.3 is 5.32 Å². The van der Waals surface area contributed by atoms with E-state index >= 15 is 0 Å². The van der Waals surface area contributed by atoms with Gasteiger partial charge >= 0.3 is 0 Å². The van der Waals surface area contributed by atoms with E-state index in [9.17, 15) is 0 Å². The molecule has 1 aromatic rings. The normalized spacial score (nSPS) is 26.7. The van der Waals surface area contributed by atoms with Crippen LogP contribution in [0.3, 0.4) is 0 Å². The minimum atomic E-state index is 0.635. The number of anilines is 1. The summed E-state index contributed by atoms with van der Waals surface area (Å²) in [6.07, 6.45) is 6.21. The lowest BCUT2D eigenvalue weighted by Gasteiger charge is -2.18. The topological polar surface area (TPSA) is 24.9 Å². The van der Waals surface area contributed by atoms with Crippen molar-refractivity contribution in [2.75, 3.05) is 11.6 Å². The molecular formula is C10H16N2S2. The molecule has 4 heteroatoms. The first kappa shape index (κ1) is 10.3. The lowest BCUT2D eigenvalue weighted by molar-refractivity contribution is 0.767. The molecule has 2 rings (SSSR count). The number of aromatic nitrogens is 1. The lowest BCUT2D eigenvalue weighted by Crippen LogP contribution is -2.25. The highest BCUT2D eigenvalue weighted by molar-refractivity contribution is 7.99. The zero-order chi connectivity index (χ0) is 9.97. The zero-order valence-electron chi connectivity index (χ0n) is 8.62. The first-order chi connectivity index (χ1) is 6.79. The molecule has 0 bridgehead atoms. The number of rotatable bonds is 3. The van der Waals surface area contributed by atoms with Gasteiger partial charge in [-0.2, -0.15) is 11.8 Å². The second kappa shape index (κ2) is 4.53. The molecule has 0 radical (unpaired) electrons. The number of hydrogen-bond acceptors (Lipinski definition) is 4.